The van der Waals surface area contributed by atoms with Crippen molar-refractivity contribution in [2.45, 2.75) is 18.4 Å². The standard InChI is InChI=1S/C13H10ClNO5S.C2H6O/c14-21(18,19)11-6-7-13(12(8-11)15(16)17)20-9-10-4-2-1-3-5-10;1-2-3/h1-8H,9H2;3H,2H2,1H3. The maximum atomic E-state index is 11.2. The number of ether oxygens (including phenoxy) is 1. The number of halogens is 1. The molecule has 2 rings (SSSR count). The topological polar surface area (TPSA) is 107 Å². The number of nitro groups is 1. The fourth-order valence-electron chi connectivity index (χ4n) is 1.65. The summed E-state index contributed by atoms with van der Waals surface area (Å²) < 4.78 is 27.8. The molecular formula is C15H16ClNO6S. The van der Waals surface area contributed by atoms with Crippen LogP contribution < -0.4 is 4.74 Å². The number of nitro benzene ring substituents is 1. The largest absolute Gasteiger partial charge is 0.482 e. The number of aliphatic hydroxyl groups is 1. The van der Waals surface area contributed by atoms with Gasteiger partial charge in [0.05, 0.1) is 9.82 Å². The average molecular weight is 374 g/mol. The van der Waals surface area contributed by atoms with E-state index in [9.17, 15) is 18.5 Å². The fraction of sp³-hybridized carbons (Fsp3) is 0.200. The van der Waals surface area contributed by atoms with E-state index in [-0.39, 0.29) is 23.9 Å². The van der Waals surface area contributed by atoms with E-state index in [0.29, 0.717) is 0 Å². The average Bonchev–Trinajstić information content (AvgIpc) is 2.53. The molecule has 0 radical (unpaired) electrons. The molecule has 2 aromatic carbocycles. The first-order valence-electron chi connectivity index (χ1n) is 6.80. The Morgan fingerprint density at radius 3 is 2.29 bits per heavy atom. The van der Waals surface area contributed by atoms with E-state index in [0.717, 1.165) is 17.7 Å². The molecule has 7 nitrogen and oxygen atoms in total. The van der Waals surface area contributed by atoms with Crippen molar-refractivity contribution >= 4 is 25.4 Å². The van der Waals surface area contributed by atoms with Gasteiger partial charge in [0.2, 0.25) is 0 Å². The highest BCUT2D eigenvalue weighted by Gasteiger charge is 2.20. The minimum absolute atomic E-state index is 0.0204. The zero-order valence-electron chi connectivity index (χ0n) is 12.8. The maximum Gasteiger partial charge on any atom is 0.312 e. The minimum atomic E-state index is -4.03. The van der Waals surface area contributed by atoms with Crippen LogP contribution >= 0.6 is 10.7 Å². The molecule has 0 heterocycles. The highest BCUT2D eigenvalue weighted by molar-refractivity contribution is 8.13. The minimum Gasteiger partial charge on any atom is -0.482 e. The Morgan fingerprint density at radius 2 is 1.79 bits per heavy atom. The van der Waals surface area contributed by atoms with E-state index in [1.165, 1.54) is 6.07 Å². The molecule has 0 saturated heterocycles. The first kappa shape index (κ1) is 19.9. The first-order valence-corrected chi connectivity index (χ1v) is 9.11. The lowest BCUT2D eigenvalue weighted by Gasteiger charge is -2.07. The molecule has 0 amide bonds. The van der Waals surface area contributed by atoms with Gasteiger partial charge in [-0.3, -0.25) is 10.1 Å². The summed E-state index contributed by atoms with van der Waals surface area (Å²) in [5, 5.41) is 18.6. The summed E-state index contributed by atoms with van der Waals surface area (Å²) in [4.78, 5) is 9.94. The molecular weight excluding hydrogens is 358 g/mol. The van der Waals surface area contributed by atoms with Gasteiger partial charge in [0, 0.05) is 23.4 Å². The molecule has 1 N–H and O–H groups in total. The van der Waals surface area contributed by atoms with Gasteiger partial charge < -0.3 is 9.84 Å². The predicted molar refractivity (Wildman–Crippen MR) is 89.7 cm³/mol. The highest BCUT2D eigenvalue weighted by atomic mass is 35.7. The molecule has 0 aliphatic rings. The quantitative estimate of drug-likeness (QED) is 0.490. The number of rotatable bonds is 5. The lowest BCUT2D eigenvalue weighted by atomic mass is 10.2. The van der Waals surface area contributed by atoms with Gasteiger partial charge >= 0.3 is 5.69 Å². The van der Waals surface area contributed by atoms with Crippen LogP contribution in [0.2, 0.25) is 0 Å². The third-order valence-corrected chi connectivity index (χ3v) is 4.00. The van der Waals surface area contributed by atoms with Crippen molar-refractivity contribution in [3.63, 3.8) is 0 Å². The first-order chi connectivity index (χ1) is 11.3. The van der Waals surface area contributed by atoms with Crippen molar-refractivity contribution in [3.8, 4) is 5.75 Å². The van der Waals surface area contributed by atoms with E-state index in [2.05, 4.69) is 0 Å². The van der Waals surface area contributed by atoms with Crippen LogP contribution in [0.1, 0.15) is 12.5 Å². The zero-order valence-corrected chi connectivity index (χ0v) is 14.3. The van der Waals surface area contributed by atoms with E-state index < -0.39 is 19.7 Å². The molecule has 130 valence electrons. The second-order valence-electron chi connectivity index (χ2n) is 4.41. The van der Waals surface area contributed by atoms with Crippen molar-refractivity contribution in [1.82, 2.24) is 0 Å². The molecule has 0 spiro atoms. The molecule has 0 saturated carbocycles. The summed E-state index contributed by atoms with van der Waals surface area (Å²) in [7, 11) is 1.14. The third-order valence-electron chi connectivity index (χ3n) is 2.65. The predicted octanol–water partition coefficient (Wildman–Crippen LogP) is 3.10. The van der Waals surface area contributed by atoms with Crippen LogP contribution in [0, 0.1) is 10.1 Å². The Balaban J connectivity index is 0.000000891. The summed E-state index contributed by atoms with van der Waals surface area (Å²) in [6.45, 7) is 2.06. The Kier molecular flexibility index (Phi) is 7.63. The fourth-order valence-corrected chi connectivity index (χ4v) is 2.42. The Labute approximate surface area is 144 Å². The second kappa shape index (κ2) is 9.21. The van der Waals surface area contributed by atoms with Gasteiger partial charge in [-0.25, -0.2) is 8.42 Å². The van der Waals surface area contributed by atoms with E-state index in [1.54, 1.807) is 6.92 Å². The molecule has 24 heavy (non-hydrogen) atoms. The van der Waals surface area contributed by atoms with Crippen molar-refractivity contribution in [2.24, 2.45) is 0 Å². The monoisotopic (exact) mass is 373 g/mol. The smallest absolute Gasteiger partial charge is 0.312 e. The number of benzene rings is 2. The number of hydrogen-bond donors (Lipinski definition) is 1. The molecule has 0 bridgehead atoms. The van der Waals surface area contributed by atoms with Crippen molar-refractivity contribution in [3.05, 3.63) is 64.2 Å². The van der Waals surface area contributed by atoms with Crippen LogP contribution in [0.25, 0.3) is 0 Å². The highest BCUT2D eigenvalue weighted by Crippen LogP contribution is 2.31. The SMILES string of the molecule is CCO.O=[N+]([O-])c1cc(S(=O)(=O)Cl)ccc1OCc1ccccc1. The lowest BCUT2D eigenvalue weighted by Crippen LogP contribution is -2.01. The van der Waals surface area contributed by atoms with Crippen molar-refractivity contribution < 1.29 is 23.2 Å². The Bertz CT molecular complexity index is 780. The second-order valence-corrected chi connectivity index (χ2v) is 6.98. The van der Waals surface area contributed by atoms with Crippen LogP contribution in [0.4, 0.5) is 5.69 Å². The molecule has 0 atom stereocenters. The van der Waals surface area contributed by atoms with Crippen LogP contribution in [0.5, 0.6) is 5.75 Å². The summed E-state index contributed by atoms with van der Waals surface area (Å²) in [5.41, 5.74) is 0.383. The van der Waals surface area contributed by atoms with E-state index in [4.69, 9.17) is 20.5 Å². The molecule has 0 aromatic heterocycles. The molecule has 0 unspecified atom stereocenters. The molecule has 2 aromatic rings. The summed E-state index contributed by atoms with van der Waals surface area (Å²) >= 11 is 0. The van der Waals surface area contributed by atoms with Gasteiger partial charge in [0.25, 0.3) is 9.05 Å². The van der Waals surface area contributed by atoms with Crippen LogP contribution in [0.15, 0.2) is 53.4 Å². The maximum absolute atomic E-state index is 11.2. The number of aliphatic hydroxyl groups excluding tert-OH is 1. The number of hydrogen-bond acceptors (Lipinski definition) is 6. The van der Waals surface area contributed by atoms with Gasteiger partial charge in [0.15, 0.2) is 5.75 Å². The lowest BCUT2D eigenvalue weighted by molar-refractivity contribution is -0.386. The number of nitrogens with zero attached hydrogens (tertiary/aromatic N) is 1. The van der Waals surface area contributed by atoms with Gasteiger partial charge in [-0.15, -0.1) is 0 Å². The summed E-state index contributed by atoms with van der Waals surface area (Å²) in [5.74, 6) is -0.0204. The third kappa shape index (κ3) is 6.15. The molecule has 9 heteroatoms. The summed E-state index contributed by atoms with van der Waals surface area (Å²) in [6.07, 6.45) is 0. The van der Waals surface area contributed by atoms with Gasteiger partial charge in [-0.05, 0) is 24.6 Å². The van der Waals surface area contributed by atoms with Crippen LogP contribution in [-0.2, 0) is 15.7 Å². The normalized spacial score (nSPS) is 10.5. The van der Waals surface area contributed by atoms with Gasteiger partial charge in [-0.1, -0.05) is 30.3 Å². The zero-order chi connectivity index (χ0) is 18.2. The molecule has 0 aliphatic carbocycles. The van der Waals surface area contributed by atoms with Gasteiger partial charge in [0.1, 0.15) is 6.61 Å². The van der Waals surface area contributed by atoms with E-state index >= 15 is 0 Å². The van der Waals surface area contributed by atoms with Crippen molar-refractivity contribution in [2.75, 3.05) is 6.61 Å². The van der Waals surface area contributed by atoms with Gasteiger partial charge in [-0.2, -0.15) is 0 Å². The van der Waals surface area contributed by atoms with Crippen molar-refractivity contribution in [1.29, 1.82) is 0 Å². The summed E-state index contributed by atoms with van der Waals surface area (Å²) in [6, 6.07) is 12.3. The molecule has 0 fully saturated rings. The molecule has 0 aliphatic heterocycles. The van der Waals surface area contributed by atoms with Crippen LogP contribution in [0.3, 0.4) is 0 Å². The van der Waals surface area contributed by atoms with Crippen LogP contribution in [-0.4, -0.2) is 25.1 Å². The van der Waals surface area contributed by atoms with E-state index in [1.807, 2.05) is 30.3 Å². The Hall–Kier alpha value is -2.16. The Morgan fingerprint density at radius 1 is 1.21 bits per heavy atom.